The molecular formula is C16H30O2. The summed E-state index contributed by atoms with van der Waals surface area (Å²) in [5.74, 6) is 0. The smallest absolute Gasteiger partial charge is 0.0640 e. The summed E-state index contributed by atoms with van der Waals surface area (Å²) in [6.07, 6.45) is 12.8. The molecule has 1 aliphatic carbocycles. The average molecular weight is 255 g/mol. The maximum absolute atomic E-state index is 6.21. The van der Waals surface area contributed by atoms with Crippen molar-refractivity contribution in [3.8, 4) is 0 Å². The predicted octanol–water partition coefficient (Wildman–Crippen LogP) is 4.53. The monoisotopic (exact) mass is 255 g/mol. The van der Waals surface area contributed by atoms with Crippen LogP contribution in [-0.2, 0) is 9.47 Å². The summed E-state index contributed by atoms with van der Waals surface area (Å²) >= 11 is 0. The lowest BCUT2D eigenvalue weighted by Crippen LogP contribution is -2.06. The second-order valence-electron chi connectivity index (χ2n) is 3.71. The molecule has 0 bridgehead atoms. The van der Waals surface area contributed by atoms with E-state index in [9.17, 15) is 0 Å². The Morgan fingerprint density at radius 3 is 1.94 bits per heavy atom. The van der Waals surface area contributed by atoms with E-state index in [1.54, 1.807) is 21.1 Å². The van der Waals surface area contributed by atoms with Crippen LogP contribution in [0.2, 0.25) is 0 Å². The van der Waals surface area contributed by atoms with Gasteiger partial charge in [-0.3, -0.25) is 0 Å². The van der Waals surface area contributed by atoms with Crippen LogP contribution < -0.4 is 0 Å². The van der Waals surface area contributed by atoms with Gasteiger partial charge in [0.25, 0.3) is 0 Å². The molecule has 0 unspecified atom stereocenters. The van der Waals surface area contributed by atoms with Gasteiger partial charge in [0.1, 0.15) is 0 Å². The van der Waals surface area contributed by atoms with Crippen LogP contribution in [0.5, 0.6) is 0 Å². The van der Waals surface area contributed by atoms with Gasteiger partial charge in [-0.25, -0.2) is 0 Å². The summed E-state index contributed by atoms with van der Waals surface area (Å²) in [5.41, 5.74) is 0. The van der Waals surface area contributed by atoms with Crippen molar-refractivity contribution in [3.05, 3.63) is 37.5 Å². The lowest BCUT2D eigenvalue weighted by atomic mass is 10.2. The van der Waals surface area contributed by atoms with Crippen LogP contribution in [0.25, 0.3) is 0 Å². The molecule has 0 saturated carbocycles. The van der Waals surface area contributed by atoms with E-state index >= 15 is 0 Å². The molecule has 0 fully saturated rings. The van der Waals surface area contributed by atoms with Crippen molar-refractivity contribution in [2.24, 2.45) is 0 Å². The SMILES string of the molecule is C=CCC(CC=C)OC.COC1CC=CC1.[2H]CC. The number of hydrogen-bond donors (Lipinski definition) is 0. The molecular weight excluding hydrogens is 224 g/mol. The van der Waals surface area contributed by atoms with Gasteiger partial charge in [0.2, 0.25) is 0 Å². The third-order valence-electron chi connectivity index (χ3n) is 2.49. The molecule has 1 aliphatic rings. The average Bonchev–Trinajstić information content (AvgIpc) is 2.93. The van der Waals surface area contributed by atoms with Crippen LogP contribution in [0.1, 0.15) is 40.9 Å². The maximum atomic E-state index is 6.21. The van der Waals surface area contributed by atoms with Gasteiger partial charge in [-0.05, 0) is 25.7 Å². The van der Waals surface area contributed by atoms with E-state index in [4.69, 9.17) is 10.8 Å². The van der Waals surface area contributed by atoms with Gasteiger partial charge >= 0.3 is 0 Å². The third kappa shape index (κ3) is 11.6. The second-order valence-corrected chi connectivity index (χ2v) is 3.71. The summed E-state index contributed by atoms with van der Waals surface area (Å²) in [6, 6.07) is 0. The molecule has 0 aliphatic heterocycles. The third-order valence-corrected chi connectivity index (χ3v) is 2.49. The topological polar surface area (TPSA) is 18.5 Å². The van der Waals surface area contributed by atoms with Crippen LogP contribution in [0.4, 0.5) is 0 Å². The van der Waals surface area contributed by atoms with E-state index in [0.29, 0.717) is 13.0 Å². The first-order chi connectivity index (χ1) is 9.19. The highest BCUT2D eigenvalue weighted by molar-refractivity contribution is 4.94. The largest absolute Gasteiger partial charge is 0.381 e. The summed E-state index contributed by atoms with van der Waals surface area (Å²) in [5, 5.41) is 0. The standard InChI is InChI=1S/C8H14O.C6H10O.C2H6/c1-4-6-8(9-3)7-5-2;1-7-6-4-2-3-5-6;1-2/h4-5,8H,1-2,6-7H2,3H3;2-3,6H,4-5H2,1H3;1-2H3/i;;1D. The molecule has 0 spiro atoms. The fraction of sp³-hybridized carbons (Fsp3) is 0.625. The molecule has 106 valence electrons. The van der Waals surface area contributed by atoms with Crippen molar-refractivity contribution in [1.29, 1.82) is 0 Å². The summed E-state index contributed by atoms with van der Waals surface area (Å²) < 4.78 is 16.3. The molecule has 1 rings (SSSR count). The quantitative estimate of drug-likeness (QED) is 0.649. The van der Waals surface area contributed by atoms with E-state index in [2.05, 4.69) is 25.3 Å². The van der Waals surface area contributed by atoms with Crippen LogP contribution in [0.15, 0.2) is 37.5 Å². The molecule has 2 heteroatoms. The van der Waals surface area contributed by atoms with Crippen LogP contribution in [0.3, 0.4) is 0 Å². The van der Waals surface area contributed by atoms with Crippen LogP contribution >= 0.6 is 0 Å². The Morgan fingerprint density at radius 1 is 1.28 bits per heavy atom. The zero-order valence-electron chi connectivity index (χ0n) is 13.2. The van der Waals surface area contributed by atoms with Crippen molar-refractivity contribution in [2.75, 3.05) is 14.2 Å². The number of hydrogen-bond acceptors (Lipinski definition) is 2. The summed E-state index contributed by atoms with van der Waals surface area (Å²) in [6.45, 7) is 9.52. The summed E-state index contributed by atoms with van der Waals surface area (Å²) in [4.78, 5) is 0. The molecule has 0 N–H and O–H groups in total. The predicted molar refractivity (Wildman–Crippen MR) is 80.9 cm³/mol. The minimum Gasteiger partial charge on any atom is -0.381 e. The van der Waals surface area contributed by atoms with Gasteiger partial charge in [0, 0.05) is 15.6 Å². The Labute approximate surface area is 115 Å². The minimum atomic E-state index is 0.278. The molecule has 0 aromatic heterocycles. The Bertz CT molecular complexity index is 209. The first-order valence-electron chi connectivity index (χ1n) is 7.12. The molecule has 0 heterocycles. The lowest BCUT2D eigenvalue weighted by molar-refractivity contribution is 0.108. The zero-order valence-corrected chi connectivity index (χ0v) is 12.2. The fourth-order valence-corrected chi connectivity index (χ4v) is 1.45. The van der Waals surface area contributed by atoms with Gasteiger partial charge in [0.15, 0.2) is 0 Å². The molecule has 0 saturated heterocycles. The van der Waals surface area contributed by atoms with E-state index in [-0.39, 0.29) is 6.10 Å². The van der Waals surface area contributed by atoms with Gasteiger partial charge in [0.05, 0.1) is 12.2 Å². The molecule has 0 aromatic rings. The van der Waals surface area contributed by atoms with E-state index in [1.165, 1.54) is 0 Å². The second kappa shape index (κ2) is 16.1. The Kier molecular flexibility index (Phi) is 15.4. The maximum Gasteiger partial charge on any atom is 0.0640 e. The molecule has 2 nitrogen and oxygen atoms in total. The normalized spacial score (nSPS) is 14.1. The van der Waals surface area contributed by atoms with E-state index in [1.807, 2.05) is 12.2 Å². The fourth-order valence-electron chi connectivity index (χ4n) is 1.45. The number of ether oxygens (including phenoxy) is 2. The van der Waals surface area contributed by atoms with Gasteiger partial charge in [-0.1, -0.05) is 38.1 Å². The Morgan fingerprint density at radius 2 is 1.72 bits per heavy atom. The highest BCUT2D eigenvalue weighted by Gasteiger charge is 2.05. The minimum absolute atomic E-state index is 0.278. The molecule has 0 radical (unpaired) electrons. The van der Waals surface area contributed by atoms with Crippen LogP contribution in [-0.4, -0.2) is 26.4 Å². The van der Waals surface area contributed by atoms with E-state index < -0.39 is 0 Å². The Hall–Kier alpha value is -0.860. The lowest BCUT2D eigenvalue weighted by Gasteiger charge is -2.08. The van der Waals surface area contributed by atoms with Crippen molar-refractivity contribution in [3.63, 3.8) is 0 Å². The highest BCUT2D eigenvalue weighted by Crippen LogP contribution is 2.11. The molecule has 0 amide bonds. The van der Waals surface area contributed by atoms with Crippen molar-refractivity contribution < 1.29 is 10.8 Å². The summed E-state index contributed by atoms with van der Waals surface area (Å²) in [7, 11) is 3.47. The number of methoxy groups -OCH3 is 2. The first-order valence-corrected chi connectivity index (χ1v) is 6.41. The zero-order chi connectivity index (χ0) is 14.9. The van der Waals surface area contributed by atoms with Crippen molar-refractivity contribution >= 4 is 0 Å². The molecule has 0 atom stereocenters. The van der Waals surface area contributed by atoms with Gasteiger partial charge in [-0.2, -0.15) is 0 Å². The molecule has 0 aromatic carbocycles. The van der Waals surface area contributed by atoms with Gasteiger partial charge in [-0.15, -0.1) is 13.2 Å². The highest BCUT2D eigenvalue weighted by atomic mass is 16.5. The first kappa shape index (κ1) is 17.1. The molecule has 18 heavy (non-hydrogen) atoms. The van der Waals surface area contributed by atoms with Crippen molar-refractivity contribution in [2.45, 2.75) is 51.7 Å². The van der Waals surface area contributed by atoms with Crippen LogP contribution in [0, 0.1) is 0 Å². The van der Waals surface area contributed by atoms with Gasteiger partial charge < -0.3 is 9.47 Å². The van der Waals surface area contributed by atoms with Crippen molar-refractivity contribution in [1.82, 2.24) is 0 Å². The Balaban J connectivity index is 0. The number of rotatable bonds is 6. The van der Waals surface area contributed by atoms with E-state index in [0.717, 1.165) is 25.7 Å².